The predicted molar refractivity (Wildman–Crippen MR) is 138 cm³/mol. The van der Waals surface area contributed by atoms with E-state index < -0.39 is 11.9 Å². The number of methoxy groups -OCH3 is 3. The summed E-state index contributed by atoms with van der Waals surface area (Å²) in [5, 5.41) is 13.8. The molecule has 0 spiro atoms. The molecule has 0 saturated heterocycles. The number of hydrogen-bond donors (Lipinski definition) is 2. The van der Waals surface area contributed by atoms with Gasteiger partial charge in [-0.15, -0.1) is 0 Å². The second kappa shape index (κ2) is 11.0. The van der Waals surface area contributed by atoms with Gasteiger partial charge in [-0.25, -0.2) is 4.79 Å². The minimum Gasteiger partial charge on any atom is -0.504 e. The first-order valence-corrected chi connectivity index (χ1v) is 12.3. The van der Waals surface area contributed by atoms with Gasteiger partial charge in [0.25, 0.3) is 0 Å². The number of ketones is 1. The molecule has 37 heavy (non-hydrogen) atoms. The lowest BCUT2D eigenvalue weighted by Gasteiger charge is -2.37. The van der Waals surface area contributed by atoms with Gasteiger partial charge < -0.3 is 29.4 Å². The molecule has 0 radical (unpaired) electrons. The lowest BCUT2D eigenvalue weighted by molar-refractivity contribution is -0.139. The summed E-state index contributed by atoms with van der Waals surface area (Å²) in [6.45, 7) is 4.01. The molecule has 1 aliphatic heterocycles. The van der Waals surface area contributed by atoms with Gasteiger partial charge in [-0.3, -0.25) is 4.79 Å². The molecule has 8 nitrogen and oxygen atoms in total. The zero-order valence-electron chi connectivity index (χ0n) is 21.8. The number of aromatic hydroxyl groups is 1. The number of esters is 1. The molecule has 8 heteroatoms. The van der Waals surface area contributed by atoms with Crippen LogP contribution in [0.25, 0.3) is 0 Å². The maximum atomic E-state index is 13.8. The van der Waals surface area contributed by atoms with Gasteiger partial charge in [-0.2, -0.15) is 0 Å². The molecule has 196 valence electrons. The Labute approximate surface area is 216 Å². The van der Waals surface area contributed by atoms with E-state index >= 15 is 0 Å². The van der Waals surface area contributed by atoms with E-state index in [1.165, 1.54) is 7.11 Å². The summed E-state index contributed by atoms with van der Waals surface area (Å²) >= 11 is 0. The highest BCUT2D eigenvalue weighted by Crippen LogP contribution is 2.47. The molecule has 2 aliphatic rings. The van der Waals surface area contributed by atoms with Crippen molar-refractivity contribution < 1.29 is 33.6 Å². The van der Waals surface area contributed by atoms with Gasteiger partial charge in [0.1, 0.15) is 0 Å². The Kier molecular flexibility index (Phi) is 7.76. The molecule has 0 fully saturated rings. The van der Waals surface area contributed by atoms with Crippen molar-refractivity contribution in [1.29, 1.82) is 0 Å². The smallest absolute Gasteiger partial charge is 0.336 e. The number of carbonyl (C=O) groups excluding carboxylic acids is 2. The van der Waals surface area contributed by atoms with Gasteiger partial charge in [0, 0.05) is 29.3 Å². The summed E-state index contributed by atoms with van der Waals surface area (Å²) in [6, 6.07) is 10.6. The van der Waals surface area contributed by atoms with Crippen LogP contribution in [0.3, 0.4) is 0 Å². The first-order valence-electron chi connectivity index (χ1n) is 12.3. The normalized spacial score (nSPS) is 19.2. The largest absolute Gasteiger partial charge is 0.504 e. The van der Waals surface area contributed by atoms with Gasteiger partial charge in [-0.1, -0.05) is 19.1 Å². The Bertz CT molecular complexity index is 1280. The first-order chi connectivity index (χ1) is 17.8. The topological polar surface area (TPSA) is 103 Å². The highest BCUT2D eigenvalue weighted by Gasteiger charge is 2.41. The van der Waals surface area contributed by atoms with Crippen LogP contribution in [-0.4, -0.2) is 44.8 Å². The van der Waals surface area contributed by atoms with Crippen LogP contribution in [0.4, 0.5) is 0 Å². The van der Waals surface area contributed by atoms with Crippen LogP contribution in [0.15, 0.2) is 58.9 Å². The summed E-state index contributed by atoms with van der Waals surface area (Å²) < 4.78 is 21.5. The minimum atomic E-state index is -0.670. The number of nitrogens with one attached hydrogen (secondary N) is 1. The monoisotopic (exact) mass is 507 g/mol. The van der Waals surface area contributed by atoms with E-state index in [-0.39, 0.29) is 30.5 Å². The second-order valence-corrected chi connectivity index (χ2v) is 9.20. The van der Waals surface area contributed by atoms with Crippen molar-refractivity contribution in [3.8, 4) is 23.0 Å². The molecular weight excluding hydrogens is 474 g/mol. The van der Waals surface area contributed by atoms with Crippen molar-refractivity contribution in [2.45, 2.75) is 44.9 Å². The van der Waals surface area contributed by atoms with Crippen molar-refractivity contribution in [3.05, 3.63) is 70.1 Å². The quantitative estimate of drug-likeness (QED) is 0.494. The maximum Gasteiger partial charge on any atom is 0.336 e. The molecule has 0 saturated carbocycles. The number of ether oxygens (including phenoxy) is 4. The fraction of sp³-hybridized carbons (Fsp3) is 0.379. The number of rotatable bonds is 8. The summed E-state index contributed by atoms with van der Waals surface area (Å²) in [5.41, 5.74) is 3.87. The molecule has 4 rings (SSSR count). The standard InChI is InChI=1S/C29H33NO7/c1-6-11-37-29(33)26-16(2)30-20-12-19(17-7-10-24(35-4)25(15-17)36-5)14-22(32)28(20)27(26)18-8-9-23(34-3)21(31)13-18/h7-10,13,15,19,27,30-31H,6,11-12,14H2,1-5H3/t19-,27+/m0/s1. The van der Waals surface area contributed by atoms with E-state index in [4.69, 9.17) is 18.9 Å². The van der Waals surface area contributed by atoms with Crippen molar-refractivity contribution in [1.82, 2.24) is 5.32 Å². The zero-order chi connectivity index (χ0) is 26.7. The van der Waals surface area contributed by atoms with Gasteiger partial charge in [-0.05, 0) is 61.1 Å². The van der Waals surface area contributed by atoms with Gasteiger partial charge in [0.05, 0.1) is 33.5 Å². The van der Waals surface area contributed by atoms with Crippen LogP contribution in [0.2, 0.25) is 0 Å². The Morgan fingerprint density at radius 2 is 1.65 bits per heavy atom. The first kappa shape index (κ1) is 26.1. The number of dihydropyridines is 1. The molecule has 2 aromatic rings. The molecule has 0 amide bonds. The van der Waals surface area contributed by atoms with E-state index in [0.717, 1.165) is 11.3 Å². The van der Waals surface area contributed by atoms with E-state index in [9.17, 15) is 14.7 Å². The van der Waals surface area contributed by atoms with Crippen molar-refractivity contribution >= 4 is 11.8 Å². The van der Waals surface area contributed by atoms with E-state index in [0.29, 0.717) is 52.5 Å². The number of benzene rings is 2. The molecule has 0 unspecified atom stereocenters. The molecule has 2 atom stereocenters. The Hall–Kier alpha value is -3.94. The second-order valence-electron chi connectivity index (χ2n) is 9.20. The van der Waals surface area contributed by atoms with Crippen LogP contribution >= 0.6 is 0 Å². The van der Waals surface area contributed by atoms with Crippen LogP contribution in [0, 0.1) is 0 Å². The van der Waals surface area contributed by atoms with Crippen LogP contribution in [-0.2, 0) is 14.3 Å². The van der Waals surface area contributed by atoms with Gasteiger partial charge in [0.15, 0.2) is 28.8 Å². The van der Waals surface area contributed by atoms with Crippen LogP contribution in [0.5, 0.6) is 23.0 Å². The fourth-order valence-electron chi connectivity index (χ4n) is 5.14. The van der Waals surface area contributed by atoms with E-state index in [1.54, 1.807) is 32.4 Å². The summed E-state index contributed by atoms with van der Waals surface area (Å²) in [6.07, 6.45) is 1.52. The predicted octanol–water partition coefficient (Wildman–Crippen LogP) is 4.73. The highest BCUT2D eigenvalue weighted by atomic mass is 16.5. The van der Waals surface area contributed by atoms with E-state index in [1.807, 2.05) is 32.0 Å². The fourth-order valence-corrected chi connectivity index (χ4v) is 5.14. The molecule has 0 bridgehead atoms. The Balaban J connectivity index is 1.78. The van der Waals surface area contributed by atoms with Gasteiger partial charge >= 0.3 is 5.97 Å². The zero-order valence-corrected chi connectivity index (χ0v) is 21.8. The molecule has 2 N–H and O–H groups in total. The number of Topliss-reactive ketones (excluding diaryl/α,β-unsaturated/α-hetero) is 1. The average molecular weight is 508 g/mol. The summed E-state index contributed by atoms with van der Waals surface area (Å²) in [7, 11) is 4.63. The molecule has 1 heterocycles. The van der Waals surface area contributed by atoms with Crippen molar-refractivity contribution in [2.24, 2.45) is 0 Å². The lowest BCUT2D eigenvalue weighted by Crippen LogP contribution is -2.36. The number of phenolic OH excluding ortho intramolecular Hbond substituents is 1. The third-order valence-corrected chi connectivity index (χ3v) is 6.90. The Morgan fingerprint density at radius 3 is 2.30 bits per heavy atom. The number of phenols is 1. The minimum absolute atomic E-state index is 0.0638. The molecule has 0 aromatic heterocycles. The van der Waals surface area contributed by atoms with Crippen LogP contribution in [0.1, 0.15) is 56.1 Å². The van der Waals surface area contributed by atoms with E-state index in [2.05, 4.69) is 5.32 Å². The lowest BCUT2D eigenvalue weighted by atomic mass is 9.71. The molecular formula is C29H33NO7. The van der Waals surface area contributed by atoms with Crippen molar-refractivity contribution in [2.75, 3.05) is 27.9 Å². The summed E-state index contributed by atoms with van der Waals surface area (Å²) in [5.74, 6) is 0.180. The molecule has 1 aliphatic carbocycles. The van der Waals surface area contributed by atoms with Gasteiger partial charge in [0.2, 0.25) is 0 Å². The number of carbonyl (C=O) groups is 2. The number of hydrogen-bond acceptors (Lipinski definition) is 8. The third kappa shape index (κ3) is 5.01. The SMILES string of the molecule is CCCOC(=O)C1=C(C)NC2=C(C(=O)C[C@@H](c3ccc(OC)c(OC)c3)C2)[C@@H]1c1ccc(OC)c(O)c1. The highest BCUT2D eigenvalue weighted by molar-refractivity contribution is 6.04. The summed E-state index contributed by atoms with van der Waals surface area (Å²) in [4.78, 5) is 26.9. The third-order valence-electron chi connectivity index (χ3n) is 6.90. The Morgan fingerprint density at radius 1 is 0.973 bits per heavy atom. The maximum absolute atomic E-state index is 13.8. The van der Waals surface area contributed by atoms with Crippen LogP contribution < -0.4 is 19.5 Å². The average Bonchev–Trinajstić information content (AvgIpc) is 2.90. The van der Waals surface area contributed by atoms with Crippen molar-refractivity contribution in [3.63, 3.8) is 0 Å². The molecule has 2 aromatic carbocycles. The number of allylic oxidation sites excluding steroid dienone is 3.